The van der Waals surface area contributed by atoms with Gasteiger partial charge in [0.05, 0.1) is 19.2 Å². The molecule has 0 bridgehead atoms. The zero-order valence-electron chi connectivity index (χ0n) is 15.0. The molecule has 2 aromatic rings. The number of benzene rings is 2. The van der Waals surface area contributed by atoms with Crippen LogP contribution in [0.3, 0.4) is 0 Å². The van der Waals surface area contributed by atoms with Gasteiger partial charge in [-0.05, 0) is 36.5 Å². The number of methoxy groups -OCH3 is 1. The quantitative estimate of drug-likeness (QED) is 0.610. The van der Waals surface area contributed by atoms with Crippen LogP contribution in [0.5, 0.6) is 5.75 Å². The SMILES string of the molecule is COc1ccccc1CN=C(N)NC1CC(c2cccc(C(F)(F)F)c2)C1. The number of halogens is 3. The summed E-state index contributed by atoms with van der Waals surface area (Å²) in [7, 11) is 1.60. The van der Waals surface area contributed by atoms with E-state index in [9.17, 15) is 13.2 Å². The van der Waals surface area contributed by atoms with E-state index < -0.39 is 11.7 Å². The van der Waals surface area contributed by atoms with Gasteiger partial charge in [-0.25, -0.2) is 4.99 Å². The first-order chi connectivity index (χ1) is 12.9. The number of nitrogens with one attached hydrogen (secondary N) is 1. The summed E-state index contributed by atoms with van der Waals surface area (Å²) >= 11 is 0. The summed E-state index contributed by atoms with van der Waals surface area (Å²) in [4.78, 5) is 4.32. The lowest BCUT2D eigenvalue weighted by atomic mass is 9.75. The maximum absolute atomic E-state index is 12.8. The molecule has 3 N–H and O–H groups in total. The Bertz CT molecular complexity index is 814. The van der Waals surface area contributed by atoms with Gasteiger partial charge in [-0.2, -0.15) is 13.2 Å². The predicted octanol–water partition coefficient (Wildman–Crippen LogP) is 4.06. The fourth-order valence-electron chi connectivity index (χ4n) is 3.24. The standard InChI is InChI=1S/C20H22F3N3O/c1-27-18-8-3-2-5-14(18)12-25-19(24)26-17-10-15(11-17)13-6-4-7-16(9-13)20(21,22)23/h2-9,15,17H,10-12H2,1H3,(H3,24,25,26). The summed E-state index contributed by atoms with van der Waals surface area (Å²) < 4.78 is 43.8. The highest BCUT2D eigenvalue weighted by molar-refractivity contribution is 5.78. The van der Waals surface area contributed by atoms with E-state index in [1.165, 1.54) is 12.1 Å². The van der Waals surface area contributed by atoms with E-state index in [4.69, 9.17) is 10.5 Å². The van der Waals surface area contributed by atoms with Crippen LogP contribution in [0.15, 0.2) is 53.5 Å². The second-order valence-corrected chi connectivity index (χ2v) is 6.65. The molecular weight excluding hydrogens is 355 g/mol. The Balaban J connectivity index is 1.53. The molecule has 0 amide bonds. The minimum atomic E-state index is -4.31. The largest absolute Gasteiger partial charge is 0.496 e. The van der Waals surface area contributed by atoms with Crippen molar-refractivity contribution in [2.75, 3.05) is 7.11 Å². The van der Waals surface area contributed by atoms with E-state index >= 15 is 0 Å². The molecule has 1 saturated carbocycles. The number of hydrogen-bond donors (Lipinski definition) is 2. The van der Waals surface area contributed by atoms with Gasteiger partial charge in [0.15, 0.2) is 5.96 Å². The van der Waals surface area contributed by atoms with E-state index in [1.54, 1.807) is 13.2 Å². The molecule has 1 aliphatic rings. The maximum atomic E-state index is 12.8. The van der Waals surface area contributed by atoms with Crippen LogP contribution in [0.4, 0.5) is 13.2 Å². The van der Waals surface area contributed by atoms with Crippen LogP contribution in [0, 0.1) is 0 Å². The van der Waals surface area contributed by atoms with Gasteiger partial charge in [0.25, 0.3) is 0 Å². The molecule has 27 heavy (non-hydrogen) atoms. The van der Waals surface area contributed by atoms with Gasteiger partial charge in [-0.3, -0.25) is 0 Å². The highest BCUT2D eigenvalue weighted by Crippen LogP contribution is 2.39. The number of ether oxygens (including phenoxy) is 1. The van der Waals surface area contributed by atoms with Gasteiger partial charge in [-0.15, -0.1) is 0 Å². The molecule has 0 saturated heterocycles. The van der Waals surface area contributed by atoms with Crippen molar-refractivity contribution in [3.63, 3.8) is 0 Å². The summed E-state index contributed by atoms with van der Waals surface area (Å²) in [6.45, 7) is 0.395. The molecule has 7 heteroatoms. The van der Waals surface area contributed by atoms with E-state index in [0.717, 1.165) is 30.2 Å². The number of alkyl halides is 3. The third kappa shape index (κ3) is 4.72. The smallest absolute Gasteiger partial charge is 0.416 e. The van der Waals surface area contributed by atoms with Crippen LogP contribution in [0.1, 0.15) is 35.4 Å². The maximum Gasteiger partial charge on any atom is 0.416 e. The van der Waals surface area contributed by atoms with Gasteiger partial charge < -0.3 is 15.8 Å². The minimum Gasteiger partial charge on any atom is -0.496 e. The van der Waals surface area contributed by atoms with Crippen LogP contribution in [-0.2, 0) is 12.7 Å². The van der Waals surface area contributed by atoms with E-state index in [2.05, 4.69) is 10.3 Å². The van der Waals surface area contributed by atoms with Gasteiger partial charge in [-0.1, -0.05) is 36.4 Å². The summed E-state index contributed by atoms with van der Waals surface area (Å²) in [5.74, 6) is 1.18. The van der Waals surface area contributed by atoms with Crippen LogP contribution in [0.25, 0.3) is 0 Å². The third-order valence-corrected chi connectivity index (χ3v) is 4.79. The zero-order chi connectivity index (χ0) is 19.4. The van der Waals surface area contributed by atoms with Crippen LogP contribution < -0.4 is 15.8 Å². The molecule has 1 fully saturated rings. The summed E-state index contributed by atoms with van der Waals surface area (Å²) in [6.07, 6.45) is -2.86. The molecule has 0 atom stereocenters. The van der Waals surface area contributed by atoms with Gasteiger partial charge in [0, 0.05) is 11.6 Å². The van der Waals surface area contributed by atoms with E-state index in [0.29, 0.717) is 18.1 Å². The van der Waals surface area contributed by atoms with E-state index in [-0.39, 0.29) is 12.0 Å². The van der Waals surface area contributed by atoms with Crippen molar-refractivity contribution in [2.45, 2.75) is 37.5 Å². The first-order valence-corrected chi connectivity index (χ1v) is 8.72. The van der Waals surface area contributed by atoms with Crippen molar-refractivity contribution in [2.24, 2.45) is 10.7 Å². The minimum absolute atomic E-state index is 0.104. The summed E-state index contributed by atoms with van der Waals surface area (Å²) in [6, 6.07) is 13.2. The average molecular weight is 377 g/mol. The Labute approximate surface area is 156 Å². The zero-order valence-corrected chi connectivity index (χ0v) is 15.0. The van der Waals surface area contributed by atoms with Gasteiger partial charge >= 0.3 is 6.18 Å². The van der Waals surface area contributed by atoms with Crippen molar-refractivity contribution >= 4 is 5.96 Å². The molecule has 144 valence electrons. The molecule has 3 rings (SSSR count). The molecule has 2 aromatic carbocycles. The number of hydrogen-bond acceptors (Lipinski definition) is 2. The number of para-hydroxylation sites is 1. The summed E-state index contributed by atoms with van der Waals surface area (Å²) in [5, 5.41) is 3.13. The van der Waals surface area contributed by atoms with Crippen molar-refractivity contribution in [1.29, 1.82) is 0 Å². The van der Waals surface area contributed by atoms with E-state index in [1.807, 2.05) is 24.3 Å². The second-order valence-electron chi connectivity index (χ2n) is 6.65. The van der Waals surface area contributed by atoms with Crippen molar-refractivity contribution in [3.05, 3.63) is 65.2 Å². The first-order valence-electron chi connectivity index (χ1n) is 8.72. The Hall–Kier alpha value is -2.70. The first kappa shape index (κ1) is 19.1. The Morgan fingerprint density at radius 1 is 1.19 bits per heavy atom. The normalized spacial score (nSPS) is 20.1. The van der Waals surface area contributed by atoms with Gasteiger partial charge in [0.1, 0.15) is 5.75 Å². The van der Waals surface area contributed by atoms with Crippen LogP contribution >= 0.6 is 0 Å². The molecule has 0 spiro atoms. The highest BCUT2D eigenvalue weighted by Gasteiger charge is 2.34. The van der Waals surface area contributed by atoms with Crippen molar-refractivity contribution < 1.29 is 17.9 Å². The molecule has 0 aliphatic heterocycles. The number of nitrogens with zero attached hydrogens (tertiary/aromatic N) is 1. The average Bonchev–Trinajstić information content (AvgIpc) is 2.62. The lowest BCUT2D eigenvalue weighted by Gasteiger charge is -2.36. The number of rotatable bonds is 5. The molecule has 0 heterocycles. The monoisotopic (exact) mass is 377 g/mol. The second kappa shape index (κ2) is 7.90. The number of nitrogens with two attached hydrogens (primary N) is 1. The summed E-state index contributed by atoms with van der Waals surface area (Å²) in [5.41, 5.74) is 6.98. The van der Waals surface area contributed by atoms with Crippen molar-refractivity contribution in [3.8, 4) is 5.75 Å². The number of aliphatic imine (C=N–C) groups is 1. The molecule has 0 unspecified atom stereocenters. The molecule has 4 nitrogen and oxygen atoms in total. The number of guanidine groups is 1. The van der Waals surface area contributed by atoms with Gasteiger partial charge in [0.2, 0.25) is 0 Å². The fraction of sp³-hybridized carbons (Fsp3) is 0.350. The molecule has 0 radical (unpaired) electrons. The predicted molar refractivity (Wildman–Crippen MR) is 98.7 cm³/mol. The lowest BCUT2D eigenvalue weighted by Crippen LogP contribution is -2.46. The molecule has 1 aliphatic carbocycles. The Morgan fingerprint density at radius 3 is 2.63 bits per heavy atom. The molecular formula is C20H22F3N3O. The Morgan fingerprint density at radius 2 is 1.93 bits per heavy atom. The molecule has 0 aromatic heterocycles. The van der Waals surface area contributed by atoms with Crippen LogP contribution in [0.2, 0.25) is 0 Å². The third-order valence-electron chi connectivity index (χ3n) is 4.79. The Kier molecular flexibility index (Phi) is 5.58. The van der Waals surface area contributed by atoms with Crippen LogP contribution in [-0.4, -0.2) is 19.1 Å². The highest BCUT2D eigenvalue weighted by atomic mass is 19.4. The topological polar surface area (TPSA) is 59.6 Å². The lowest BCUT2D eigenvalue weighted by molar-refractivity contribution is -0.137. The fourth-order valence-corrected chi connectivity index (χ4v) is 3.24. The van der Waals surface area contributed by atoms with Crippen molar-refractivity contribution in [1.82, 2.24) is 5.32 Å².